The van der Waals surface area contributed by atoms with E-state index in [1.54, 1.807) is 12.1 Å². The van der Waals surface area contributed by atoms with Crippen LogP contribution in [0, 0.1) is 21.4 Å². The van der Waals surface area contributed by atoms with Gasteiger partial charge in [0.25, 0.3) is 0 Å². The van der Waals surface area contributed by atoms with E-state index in [2.05, 4.69) is 11.4 Å². The van der Waals surface area contributed by atoms with Crippen molar-refractivity contribution in [3.63, 3.8) is 0 Å². The normalized spacial score (nSPS) is 10.4. The fraction of sp³-hybridized carbons (Fsp3) is 0.533. The highest BCUT2D eigenvalue weighted by atomic mass is 16.6. The van der Waals surface area contributed by atoms with Gasteiger partial charge in [0.1, 0.15) is 0 Å². The predicted octanol–water partition coefficient (Wildman–Crippen LogP) is 3.17. The van der Waals surface area contributed by atoms with Crippen LogP contribution in [0.4, 0.5) is 5.69 Å². The lowest BCUT2D eigenvalue weighted by Crippen LogP contribution is -2.21. The van der Waals surface area contributed by atoms with Crippen LogP contribution in [0.1, 0.15) is 38.7 Å². The summed E-state index contributed by atoms with van der Waals surface area (Å²) in [6.07, 6.45) is 1.92. The average molecular weight is 291 g/mol. The van der Waals surface area contributed by atoms with Gasteiger partial charge in [-0.1, -0.05) is 19.9 Å². The van der Waals surface area contributed by atoms with Crippen molar-refractivity contribution in [2.45, 2.75) is 45.7 Å². The molecule has 0 amide bonds. The van der Waals surface area contributed by atoms with Crippen molar-refractivity contribution in [3.05, 3.63) is 33.9 Å². The van der Waals surface area contributed by atoms with Crippen molar-refractivity contribution in [2.75, 3.05) is 6.61 Å². The Kier molecular flexibility index (Phi) is 7.19. The monoisotopic (exact) mass is 291 g/mol. The molecule has 0 bridgehead atoms. The highest BCUT2D eigenvalue weighted by Gasteiger charge is 2.16. The van der Waals surface area contributed by atoms with Gasteiger partial charge in [0.15, 0.2) is 5.75 Å². The number of nitro groups is 1. The van der Waals surface area contributed by atoms with Gasteiger partial charge in [0.05, 0.1) is 17.6 Å². The number of nitro benzene ring substituents is 1. The SMILES string of the molecule is CC(C)NCc1ccc(OCCCCC#N)c([N+](=O)[O-])c1. The number of hydrogen-bond acceptors (Lipinski definition) is 5. The molecule has 1 rings (SSSR count). The Hall–Kier alpha value is -2.13. The van der Waals surface area contributed by atoms with Gasteiger partial charge < -0.3 is 10.1 Å². The smallest absolute Gasteiger partial charge is 0.311 e. The Balaban J connectivity index is 2.66. The second-order valence-electron chi connectivity index (χ2n) is 5.06. The summed E-state index contributed by atoms with van der Waals surface area (Å²) in [5.41, 5.74) is 0.838. The first-order valence-corrected chi connectivity index (χ1v) is 7.05. The van der Waals surface area contributed by atoms with Crippen molar-refractivity contribution in [1.82, 2.24) is 5.32 Å². The third kappa shape index (κ3) is 6.23. The maximum atomic E-state index is 11.1. The lowest BCUT2D eigenvalue weighted by atomic mass is 10.1. The Bertz CT molecular complexity index is 509. The molecule has 0 aromatic heterocycles. The van der Waals surface area contributed by atoms with E-state index in [1.807, 2.05) is 19.9 Å². The summed E-state index contributed by atoms with van der Waals surface area (Å²) in [4.78, 5) is 10.7. The fourth-order valence-corrected chi connectivity index (χ4v) is 1.75. The molecule has 0 aliphatic carbocycles. The molecule has 0 atom stereocenters. The lowest BCUT2D eigenvalue weighted by Gasteiger charge is -2.10. The van der Waals surface area contributed by atoms with Crippen LogP contribution >= 0.6 is 0 Å². The molecule has 1 aromatic carbocycles. The van der Waals surface area contributed by atoms with E-state index in [-0.39, 0.29) is 11.4 Å². The van der Waals surface area contributed by atoms with Crippen LogP contribution in [-0.4, -0.2) is 17.6 Å². The second kappa shape index (κ2) is 8.93. The summed E-state index contributed by atoms with van der Waals surface area (Å²) in [5.74, 6) is 0.283. The van der Waals surface area contributed by atoms with Gasteiger partial charge in [-0.2, -0.15) is 5.26 Å². The van der Waals surface area contributed by atoms with Crippen LogP contribution in [0.5, 0.6) is 5.75 Å². The molecule has 0 radical (unpaired) electrons. The summed E-state index contributed by atoms with van der Waals surface area (Å²) in [7, 11) is 0. The zero-order chi connectivity index (χ0) is 15.7. The van der Waals surface area contributed by atoms with E-state index in [0.29, 0.717) is 32.0 Å². The molecule has 114 valence electrons. The maximum Gasteiger partial charge on any atom is 0.311 e. The molecule has 0 unspecified atom stereocenters. The molecule has 0 spiro atoms. The standard InChI is InChI=1S/C15H21N3O3/c1-12(2)17-11-13-6-7-15(14(10-13)18(19)20)21-9-5-3-4-8-16/h6-7,10,12,17H,3-5,9,11H2,1-2H3. The van der Waals surface area contributed by atoms with Crippen LogP contribution in [-0.2, 0) is 6.54 Å². The van der Waals surface area contributed by atoms with Crippen molar-refractivity contribution in [1.29, 1.82) is 5.26 Å². The summed E-state index contributed by atoms with van der Waals surface area (Å²) < 4.78 is 5.45. The average Bonchev–Trinajstić information content (AvgIpc) is 2.45. The number of nitrogens with one attached hydrogen (secondary N) is 1. The first-order chi connectivity index (χ1) is 10.0. The summed E-state index contributed by atoms with van der Waals surface area (Å²) >= 11 is 0. The summed E-state index contributed by atoms with van der Waals surface area (Å²) in [5, 5.41) is 22.8. The van der Waals surface area contributed by atoms with Crippen LogP contribution in [0.3, 0.4) is 0 Å². The molecule has 0 saturated heterocycles. The van der Waals surface area contributed by atoms with E-state index in [4.69, 9.17) is 10.00 Å². The first-order valence-electron chi connectivity index (χ1n) is 7.05. The van der Waals surface area contributed by atoms with Gasteiger partial charge in [-0.15, -0.1) is 0 Å². The van der Waals surface area contributed by atoms with E-state index in [1.165, 1.54) is 0 Å². The highest BCUT2D eigenvalue weighted by Crippen LogP contribution is 2.28. The molecule has 0 heterocycles. The third-order valence-corrected chi connectivity index (χ3v) is 2.87. The van der Waals surface area contributed by atoms with Gasteiger partial charge >= 0.3 is 5.69 Å². The number of unbranched alkanes of at least 4 members (excludes halogenated alkanes) is 2. The van der Waals surface area contributed by atoms with Crippen LogP contribution in [0.15, 0.2) is 18.2 Å². The molecular weight excluding hydrogens is 270 g/mol. The molecule has 0 fully saturated rings. The zero-order valence-electron chi connectivity index (χ0n) is 12.5. The topological polar surface area (TPSA) is 88.2 Å². The van der Waals surface area contributed by atoms with Gasteiger partial charge in [-0.25, -0.2) is 0 Å². The molecule has 6 nitrogen and oxygen atoms in total. The minimum absolute atomic E-state index is 0.0154. The molecular formula is C15H21N3O3. The Morgan fingerprint density at radius 1 is 1.43 bits per heavy atom. The number of ether oxygens (including phenoxy) is 1. The zero-order valence-corrected chi connectivity index (χ0v) is 12.5. The van der Waals surface area contributed by atoms with Gasteiger partial charge in [-0.05, 0) is 24.5 Å². The largest absolute Gasteiger partial charge is 0.487 e. The van der Waals surface area contributed by atoms with E-state index < -0.39 is 4.92 Å². The van der Waals surface area contributed by atoms with Crippen LogP contribution in [0.2, 0.25) is 0 Å². The Morgan fingerprint density at radius 2 is 2.19 bits per heavy atom. The first kappa shape index (κ1) is 16.9. The second-order valence-corrected chi connectivity index (χ2v) is 5.06. The molecule has 6 heteroatoms. The van der Waals surface area contributed by atoms with Crippen molar-refractivity contribution in [3.8, 4) is 11.8 Å². The quantitative estimate of drug-likeness (QED) is 0.429. The van der Waals surface area contributed by atoms with Crippen molar-refractivity contribution < 1.29 is 9.66 Å². The van der Waals surface area contributed by atoms with E-state index in [0.717, 1.165) is 12.0 Å². The van der Waals surface area contributed by atoms with Gasteiger partial charge in [-0.3, -0.25) is 10.1 Å². The van der Waals surface area contributed by atoms with Gasteiger partial charge in [0.2, 0.25) is 0 Å². The summed E-state index contributed by atoms with van der Waals surface area (Å²) in [6.45, 7) is 5.01. The van der Waals surface area contributed by atoms with Crippen molar-refractivity contribution in [2.24, 2.45) is 0 Å². The van der Waals surface area contributed by atoms with E-state index in [9.17, 15) is 10.1 Å². The molecule has 0 aliphatic rings. The third-order valence-electron chi connectivity index (χ3n) is 2.87. The predicted molar refractivity (Wildman–Crippen MR) is 80.0 cm³/mol. The number of nitriles is 1. The Morgan fingerprint density at radius 3 is 2.81 bits per heavy atom. The van der Waals surface area contributed by atoms with Crippen molar-refractivity contribution >= 4 is 5.69 Å². The van der Waals surface area contributed by atoms with E-state index >= 15 is 0 Å². The van der Waals surface area contributed by atoms with Crippen LogP contribution < -0.4 is 10.1 Å². The number of rotatable bonds is 9. The number of nitrogens with zero attached hydrogens (tertiary/aromatic N) is 2. The Labute approximate surface area is 124 Å². The fourth-order valence-electron chi connectivity index (χ4n) is 1.75. The number of hydrogen-bond donors (Lipinski definition) is 1. The molecule has 21 heavy (non-hydrogen) atoms. The maximum absolute atomic E-state index is 11.1. The molecule has 1 aromatic rings. The number of benzene rings is 1. The minimum atomic E-state index is -0.427. The summed E-state index contributed by atoms with van der Waals surface area (Å²) in [6, 6.07) is 7.38. The highest BCUT2D eigenvalue weighted by molar-refractivity contribution is 5.48. The lowest BCUT2D eigenvalue weighted by molar-refractivity contribution is -0.385. The molecule has 0 aliphatic heterocycles. The molecule has 1 N–H and O–H groups in total. The molecule has 0 saturated carbocycles. The van der Waals surface area contributed by atoms with Gasteiger partial charge in [0, 0.05) is 25.1 Å². The van der Waals surface area contributed by atoms with Crippen LogP contribution in [0.25, 0.3) is 0 Å². The minimum Gasteiger partial charge on any atom is -0.487 e.